The van der Waals surface area contributed by atoms with E-state index >= 15 is 0 Å². The quantitative estimate of drug-likeness (QED) is 0.0267. The van der Waals surface area contributed by atoms with E-state index in [1.807, 2.05) is 0 Å². The number of carbonyl (C=O) groups excluding carboxylic acids is 1. The number of ether oxygens (including phenoxy) is 4. The van der Waals surface area contributed by atoms with Gasteiger partial charge < -0.3 is 39.4 Å². The van der Waals surface area contributed by atoms with Crippen molar-refractivity contribution in [3.63, 3.8) is 0 Å². The van der Waals surface area contributed by atoms with E-state index in [0.29, 0.717) is 13.0 Å². The Bertz CT molecular complexity index is 1240. The zero-order valence-electron chi connectivity index (χ0n) is 44.6. The van der Waals surface area contributed by atoms with E-state index in [9.17, 15) is 25.2 Å². The molecule has 0 amide bonds. The van der Waals surface area contributed by atoms with E-state index in [0.717, 1.165) is 70.6 Å². The van der Waals surface area contributed by atoms with Crippen LogP contribution in [-0.4, -0.2) is 89.6 Å². The van der Waals surface area contributed by atoms with Crippen LogP contribution in [0.15, 0.2) is 60.8 Å². The summed E-state index contributed by atoms with van der Waals surface area (Å²) in [5.41, 5.74) is 0. The fourth-order valence-electron chi connectivity index (χ4n) is 8.76. The standard InChI is InChI=1S/C60H108O9/c1-3-5-7-9-11-13-15-17-19-21-23-25-26-27-28-29-31-33-35-37-39-41-43-45-47-49-56(62)68-54(53-67-60-59(65)58(64)57(63)55(51-61)69-60)52-66-50-48-46-44-42-40-38-36-34-32-30-24-22-20-18-16-14-12-10-8-6-4-2/h5,7,11,13,17,19,23,25,27-28,54-55,57-61,63-65H,3-4,6,8-10,12,14-16,18,20-22,24,26,29-53H2,1-2H3/b7-5-,13-11-,19-17-,25-23-,28-27-. The zero-order chi connectivity index (χ0) is 49.9. The summed E-state index contributed by atoms with van der Waals surface area (Å²) in [6, 6.07) is 0. The molecule has 0 saturated carbocycles. The van der Waals surface area contributed by atoms with Gasteiger partial charge in [0.2, 0.25) is 0 Å². The van der Waals surface area contributed by atoms with E-state index in [1.165, 1.54) is 161 Å². The van der Waals surface area contributed by atoms with Crippen LogP contribution in [-0.2, 0) is 23.7 Å². The maximum atomic E-state index is 12.9. The fourth-order valence-corrected chi connectivity index (χ4v) is 8.76. The summed E-state index contributed by atoms with van der Waals surface area (Å²) >= 11 is 0. The van der Waals surface area contributed by atoms with Gasteiger partial charge in [-0.05, 0) is 57.8 Å². The van der Waals surface area contributed by atoms with Crippen LogP contribution in [0, 0.1) is 0 Å². The summed E-state index contributed by atoms with van der Waals surface area (Å²) in [7, 11) is 0. The van der Waals surface area contributed by atoms with E-state index in [4.69, 9.17) is 18.9 Å². The molecule has 0 aromatic heterocycles. The molecular formula is C60H108O9. The molecule has 0 aromatic carbocycles. The molecule has 0 aliphatic carbocycles. The molecule has 69 heavy (non-hydrogen) atoms. The Labute approximate surface area is 424 Å². The number of unbranched alkanes of at least 4 members (excludes halogenated alkanes) is 29. The first-order chi connectivity index (χ1) is 33.9. The minimum absolute atomic E-state index is 0.115. The van der Waals surface area contributed by atoms with Gasteiger partial charge >= 0.3 is 5.97 Å². The number of esters is 1. The normalized spacial score (nSPS) is 19.4. The van der Waals surface area contributed by atoms with Crippen molar-refractivity contribution in [2.45, 2.75) is 288 Å². The SMILES string of the molecule is CC/C=C\C/C=C\C/C=C\C/C=C\C/C=C\CCCCCCCCCCCC(=O)OC(COCCCCCCCCCCCCCCCCCCCCCCC)COC1OC(CO)C(O)C(O)C1O. The Morgan fingerprint density at radius 2 is 0.884 bits per heavy atom. The first-order valence-electron chi connectivity index (χ1n) is 28.9. The second kappa shape index (κ2) is 50.8. The molecule has 0 bridgehead atoms. The monoisotopic (exact) mass is 973 g/mol. The van der Waals surface area contributed by atoms with E-state index in [1.54, 1.807) is 0 Å². The Morgan fingerprint density at radius 1 is 0.478 bits per heavy atom. The van der Waals surface area contributed by atoms with Crippen molar-refractivity contribution in [2.24, 2.45) is 0 Å². The highest BCUT2D eigenvalue weighted by Crippen LogP contribution is 2.23. The average molecular weight is 974 g/mol. The number of aliphatic hydroxyl groups is 4. The van der Waals surface area contributed by atoms with Crippen LogP contribution in [0.2, 0.25) is 0 Å². The molecule has 402 valence electrons. The van der Waals surface area contributed by atoms with Gasteiger partial charge in [0.05, 0.1) is 19.8 Å². The third-order valence-corrected chi connectivity index (χ3v) is 13.2. The summed E-state index contributed by atoms with van der Waals surface area (Å²) in [5.74, 6) is -0.317. The lowest BCUT2D eigenvalue weighted by Crippen LogP contribution is -2.59. The van der Waals surface area contributed by atoms with Crippen molar-refractivity contribution in [3.8, 4) is 0 Å². The second-order valence-electron chi connectivity index (χ2n) is 19.7. The van der Waals surface area contributed by atoms with Crippen LogP contribution in [0.3, 0.4) is 0 Å². The third-order valence-electron chi connectivity index (χ3n) is 13.2. The summed E-state index contributed by atoms with van der Waals surface area (Å²) in [6.07, 6.45) is 59.8. The molecule has 1 saturated heterocycles. The topological polar surface area (TPSA) is 135 Å². The van der Waals surface area contributed by atoms with Crippen molar-refractivity contribution in [2.75, 3.05) is 26.4 Å². The predicted molar refractivity (Wildman–Crippen MR) is 288 cm³/mol. The molecule has 1 heterocycles. The number of carbonyl (C=O) groups is 1. The molecule has 1 rings (SSSR count). The number of hydrogen-bond donors (Lipinski definition) is 4. The van der Waals surface area contributed by atoms with E-state index < -0.39 is 43.4 Å². The predicted octanol–water partition coefficient (Wildman–Crippen LogP) is 15.0. The summed E-state index contributed by atoms with van der Waals surface area (Å²) in [5, 5.41) is 40.4. The minimum atomic E-state index is -1.54. The van der Waals surface area contributed by atoms with Crippen LogP contribution in [0.1, 0.15) is 251 Å². The Kier molecular flexibility index (Phi) is 47.8. The van der Waals surface area contributed by atoms with Gasteiger partial charge in [-0.3, -0.25) is 4.79 Å². The van der Waals surface area contributed by atoms with Crippen LogP contribution in [0.25, 0.3) is 0 Å². The van der Waals surface area contributed by atoms with Gasteiger partial charge in [0.15, 0.2) is 6.29 Å². The lowest BCUT2D eigenvalue weighted by atomic mass is 9.99. The lowest BCUT2D eigenvalue weighted by molar-refractivity contribution is -0.305. The zero-order valence-corrected chi connectivity index (χ0v) is 44.6. The number of aliphatic hydroxyl groups excluding tert-OH is 4. The molecule has 6 atom stereocenters. The summed E-state index contributed by atoms with van der Waals surface area (Å²) in [6.45, 7) is 4.48. The van der Waals surface area contributed by atoms with Crippen molar-refractivity contribution >= 4 is 5.97 Å². The molecule has 1 fully saturated rings. The number of allylic oxidation sites excluding steroid dienone is 10. The first-order valence-corrected chi connectivity index (χ1v) is 28.9. The minimum Gasteiger partial charge on any atom is -0.457 e. The largest absolute Gasteiger partial charge is 0.457 e. The maximum Gasteiger partial charge on any atom is 0.306 e. The van der Waals surface area contributed by atoms with Gasteiger partial charge in [-0.15, -0.1) is 0 Å². The number of rotatable bonds is 50. The smallest absolute Gasteiger partial charge is 0.306 e. The van der Waals surface area contributed by atoms with Gasteiger partial charge in [-0.2, -0.15) is 0 Å². The Hall–Kier alpha value is -2.11. The highest BCUT2D eigenvalue weighted by Gasteiger charge is 2.44. The first kappa shape index (κ1) is 64.9. The van der Waals surface area contributed by atoms with Crippen molar-refractivity contribution in [1.29, 1.82) is 0 Å². The van der Waals surface area contributed by atoms with Crippen LogP contribution >= 0.6 is 0 Å². The maximum absolute atomic E-state index is 12.9. The van der Waals surface area contributed by atoms with Crippen LogP contribution in [0.4, 0.5) is 0 Å². The summed E-state index contributed by atoms with van der Waals surface area (Å²) < 4.78 is 23.0. The average Bonchev–Trinajstić information content (AvgIpc) is 3.35. The molecule has 9 nitrogen and oxygen atoms in total. The van der Waals surface area contributed by atoms with Gasteiger partial charge in [-0.25, -0.2) is 0 Å². The second-order valence-corrected chi connectivity index (χ2v) is 19.7. The van der Waals surface area contributed by atoms with Crippen LogP contribution in [0.5, 0.6) is 0 Å². The third kappa shape index (κ3) is 41.1. The van der Waals surface area contributed by atoms with Crippen molar-refractivity contribution in [1.82, 2.24) is 0 Å². The molecule has 0 radical (unpaired) electrons. The van der Waals surface area contributed by atoms with Crippen molar-refractivity contribution in [3.05, 3.63) is 60.8 Å². The van der Waals surface area contributed by atoms with Crippen LogP contribution < -0.4 is 0 Å². The fraction of sp³-hybridized carbons (Fsp3) is 0.817. The van der Waals surface area contributed by atoms with E-state index in [2.05, 4.69) is 74.6 Å². The molecule has 9 heteroatoms. The molecular weight excluding hydrogens is 865 g/mol. The van der Waals surface area contributed by atoms with Gasteiger partial charge in [0.1, 0.15) is 30.5 Å². The molecule has 4 N–H and O–H groups in total. The Morgan fingerprint density at radius 3 is 1.33 bits per heavy atom. The highest BCUT2D eigenvalue weighted by atomic mass is 16.7. The molecule has 6 unspecified atom stereocenters. The van der Waals surface area contributed by atoms with Gasteiger partial charge in [0.25, 0.3) is 0 Å². The van der Waals surface area contributed by atoms with Gasteiger partial charge in [-0.1, -0.05) is 248 Å². The highest BCUT2D eigenvalue weighted by molar-refractivity contribution is 5.69. The molecule has 1 aliphatic heterocycles. The molecule has 1 aliphatic rings. The van der Waals surface area contributed by atoms with Gasteiger partial charge in [0, 0.05) is 13.0 Å². The van der Waals surface area contributed by atoms with Crippen molar-refractivity contribution < 1.29 is 44.2 Å². The summed E-state index contributed by atoms with van der Waals surface area (Å²) in [4.78, 5) is 12.9. The molecule has 0 spiro atoms. The van der Waals surface area contributed by atoms with E-state index in [-0.39, 0.29) is 19.2 Å². The Balaban J connectivity index is 2.16. The lowest BCUT2D eigenvalue weighted by Gasteiger charge is -2.39. The number of hydrogen-bond acceptors (Lipinski definition) is 9. The molecule has 0 aromatic rings.